The van der Waals surface area contributed by atoms with Crippen molar-refractivity contribution in [2.75, 3.05) is 7.11 Å². The van der Waals surface area contributed by atoms with Crippen LogP contribution in [0.4, 0.5) is 4.39 Å². The lowest BCUT2D eigenvalue weighted by Gasteiger charge is -2.11. The second-order valence-corrected chi connectivity index (χ2v) is 3.50. The van der Waals surface area contributed by atoms with Crippen molar-refractivity contribution in [3.05, 3.63) is 29.6 Å². The molecule has 1 aliphatic rings. The predicted octanol–water partition coefficient (Wildman–Crippen LogP) is 1.78. The van der Waals surface area contributed by atoms with Crippen LogP contribution in [0.2, 0.25) is 0 Å². The maximum absolute atomic E-state index is 13.3. The topological polar surface area (TPSA) is 35.2 Å². The van der Waals surface area contributed by atoms with Crippen LogP contribution in [-0.2, 0) is 5.54 Å². The Hall–Kier alpha value is -1.09. The maximum Gasteiger partial charge on any atom is 0.128 e. The standard InChI is InChI=1S/C10H12FNO/c1-13-7-2-3-9(11)8(6-7)10(12)4-5-10/h2-3,6H,4-5,12H2,1H3. The molecule has 0 unspecified atom stereocenters. The maximum atomic E-state index is 13.3. The van der Waals surface area contributed by atoms with Crippen LogP contribution in [0, 0.1) is 5.82 Å². The highest BCUT2D eigenvalue weighted by Gasteiger charge is 2.42. The Labute approximate surface area is 76.5 Å². The monoisotopic (exact) mass is 181 g/mol. The molecular weight excluding hydrogens is 169 g/mol. The summed E-state index contributed by atoms with van der Waals surface area (Å²) in [5, 5.41) is 0. The molecule has 13 heavy (non-hydrogen) atoms. The van der Waals surface area contributed by atoms with Crippen molar-refractivity contribution < 1.29 is 9.13 Å². The first kappa shape index (κ1) is 8.51. The van der Waals surface area contributed by atoms with Crippen molar-refractivity contribution in [3.63, 3.8) is 0 Å². The Bertz CT molecular complexity index is 334. The molecule has 0 bridgehead atoms. The minimum atomic E-state index is -0.432. The summed E-state index contributed by atoms with van der Waals surface area (Å²) >= 11 is 0. The highest BCUT2D eigenvalue weighted by atomic mass is 19.1. The first-order valence-corrected chi connectivity index (χ1v) is 4.29. The van der Waals surface area contributed by atoms with Gasteiger partial charge in [0.1, 0.15) is 11.6 Å². The molecule has 0 radical (unpaired) electrons. The van der Waals surface area contributed by atoms with E-state index in [0.29, 0.717) is 11.3 Å². The summed E-state index contributed by atoms with van der Waals surface area (Å²) in [4.78, 5) is 0. The van der Waals surface area contributed by atoms with Gasteiger partial charge in [-0.2, -0.15) is 0 Å². The van der Waals surface area contributed by atoms with Crippen LogP contribution < -0.4 is 10.5 Å². The van der Waals surface area contributed by atoms with Crippen LogP contribution >= 0.6 is 0 Å². The van der Waals surface area contributed by atoms with Crippen LogP contribution in [0.5, 0.6) is 5.75 Å². The van der Waals surface area contributed by atoms with Crippen LogP contribution in [-0.4, -0.2) is 7.11 Å². The lowest BCUT2D eigenvalue weighted by molar-refractivity contribution is 0.411. The van der Waals surface area contributed by atoms with Crippen molar-refractivity contribution in [1.29, 1.82) is 0 Å². The third kappa shape index (κ3) is 1.40. The quantitative estimate of drug-likeness (QED) is 0.754. The highest BCUT2D eigenvalue weighted by Crippen LogP contribution is 2.44. The first-order chi connectivity index (χ1) is 6.15. The molecule has 0 aromatic heterocycles. The van der Waals surface area contributed by atoms with E-state index < -0.39 is 5.54 Å². The number of hydrogen-bond acceptors (Lipinski definition) is 2. The van der Waals surface area contributed by atoms with Gasteiger partial charge in [-0.1, -0.05) is 0 Å². The zero-order chi connectivity index (χ0) is 9.47. The Balaban J connectivity index is 2.43. The fourth-order valence-corrected chi connectivity index (χ4v) is 1.42. The largest absolute Gasteiger partial charge is 0.497 e. The number of halogens is 1. The van der Waals surface area contributed by atoms with E-state index in [2.05, 4.69) is 0 Å². The van der Waals surface area contributed by atoms with Crippen molar-refractivity contribution in [2.24, 2.45) is 5.73 Å². The lowest BCUT2D eigenvalue weighted by atomic mass is 10.1. The molecule has 0 aliphatic heterocycles. The molecular formula is C10H12FNO. The highest BCUT2D eigenvalue weighted by molar-refractivity contribution is 5.37. The molecule has 1 aliphatic carbocycles. The molecule has 2 N–H and O–H groups in total. The van der Waals surface area contributed by atoms with Gasteiger partial charge in [0.25, 0.3) is 0 Å². The minimum absolute atomic E-state index is 0.235. The third-order valence-corrected chi connectivity index (χ3v) is 2.50. The number of ether oxygens (including phenoxy) is 1. The van der Waals surface area contributed by atoms with Crippen molar-refractivity contribution in [3.8, 4) is 5.75 Å². The van der Waals surface area contributed by atoms with E-state index in [9.17, 15) is 4.39 Å². The first-order valence-electron chi connectivity index (χ1n) is 4.29. The lowest BCUT2D eigenvalue weighted by Crippen LogP contribution is -2.20. The van der Waals surface area contributed by atoms with Gasteiger partial charge in [-0.05, 0) is 31.0 Å². The molecule has 70 valence electrons. The third-order valence-electron chi connectivity index (χ3n) is 2.50. The zero-order valence-corrected chi connectivity index (χ0v) is 7.51. The van der Waals surface area contributed by atoms with Crippen LogP contribution in [0.3, 0.4) is 0 Å². The fourth-order valence-electron chi connectivity index (χ4n) is 1.42. The average Bonchev–Trinajstić information content (AvgIpc) is 2.86. The van der Waals surface area contributed by atoms with Gasteiger partial charge in [0, 0.05) is 11.1 Å². The molecule has 1 fully saturated rings. The van der Waals surface area contributed by atoms with Crippen LogP contribution in [0.1, 0.15) is 18.4 Å². The van der Waals surface area contributed by atoms with Gasteiger partial charge in [0.15, 0.2) is 0 Å². The molecule has 1 aromatic carbocycles. The molecule has 0 atom stereocenters. The number of rotatable bonds is 2. The summed E-state index contributed by atoms with van der Waals surface area (Å²) < 4.78 is 18.3. The van der Waals surface area contributed by atoms with Gasteiger partial charge in [-0.25, -0.2) is 4.39 Å². The van der Waals surface area contributed by atoms with E-state index in [1.807, 2.05) is 0 Å². The molecule has 0 saturated heterocycles. The Morgan fingerprint density at radius 3 is 2.69 bits per heavy atom. The second kappa shape index (κ2) is 2.70. The van der Waals surface area contributed by atoms with E-state index >= 15 is 0 Å². The Morgan fingerprint density at radius 1 is 1.46 bits per heavy atom. The van der Waals surface area contributed by atoms with Gasteiger partial charge in [-0.15, -0.1) is 0 Å². The molecule has 0 amide bonds. The summed E-state index contributed by atoms with van der Waals surface area (Å²) in [6.45, 7) is 0. The summed E-state index contributed by atoms with van der Waals surface area (Å²) in [6.07, 6.45) is 1.72. The fraction of sp³-hybridized carbons (Fsp3) is 0.400. The van der Waals surface area contributed by atoms with Crippen LogP contribution in [0.15, 0.2) is 18.2 Å². The molecule has 1 saturated carbocycles. The van der Waals surface area contributed by atoms with Gasteiger partial charge >= 0.3 is 0 Å². The Kier molecular flexibility index (Phi) is 1.77. The SMILES string of the molecule is COc1ccc(F)c(C2(N)CC2)c1. The minimum Gasteiger partial charge on any atom is -0.497 e. The normalized spacial score (nSPS) is 18.4. The smallest absolute Gasteiger partial charge is 0.128 e. The number of nitrogens with two attached hydrogens (primary N) is 1. The zero-order valence-electron chi connectivity index (χ0n) is 7.51. The van der Waals surface area contributed by atoms with Gasteiger partial charge in [-0.3, -0.25) is 0 Å². The van der Waals surface area contributed by atoms with Crippen molar-refractivity contribution in [1.82, 2.24) is 0 Å². The van der Waals surface area contributed by atoms with Crippen LogP contribution in [0.25, 0.3) is 0 Å². The summed E-state index contributed by atoms with van der Waals surface area (Å²) in [5.41, 5.74) is 6.04. The number of hydrogen-bond donors (Lipinski definition) is 1. The molecule has 0 heterocycles. The summed E-state index contributed by atoms with van der Waals surface area (Å²) in [6, 6.07) is 4.69. The van der Waals surface area contributed by atoms with Gasteiger partial charge in [0.2, 0.25) is 0 Å². The number of benzene rings is 1. The summed E-state index contributed by atoms with van der Waals surface area (Å²) in [5.74, 6) is 0.425. The predicted molar refractivity (Wildman–Crippen MR) is 48.1 cm³/mol. The van der Waals surface area contributed by atoms with Gasteiger partial charge < -0.3 is 10.5 Å². The second-order valence-electron chi connectivity index (χ2n) is 3.50. The molecule has 1 aromatic rings. The summed E-state index contributed by atoms with van der Waals surface area (Å²) in [7, 11) is 1.56. The molecule has 0 spiro atoms. The van der Waals surface area contributed by atoms with E-state index in [0.717, 1.165) is 12.8 Å². The average molecular weight is 181 g/mol. The van der Waals surface area contributed by atoms with E-state index in [-0.39, 0.29) is 5.82 Å². The Morgan fingerprint density at radius 2 is 2.15 bits per heavy atom. The van der Waals surface area contributed by atoms with Crippen molar-refractivity contribution >= 4 is 0 Å². The van der Waals surface area contributed by atoms with E-state index in [1.54, 1.807) is 19.2 Å². The van der Waals surface area contributed by atoms with Gasteiger partial charge in [0.05, 0.1) is 7.11 Å². The molecule has 2 nitrogen and oxygen atoms in total. The number of methoxy groups -OCH3 is 1. The van der Waals surface area contributed by atoms with E-state index in [1.165, 1.54) is 6.07 Å². The molecule has 2 rings (SSSR count). The van der Waals surface area contributed by atoms with E-state index in [4.69, 9.17) is 10.5 Å². The van der Waals surface area contributed by atoms with Crippen molar-refractivity contribution in [2.45, 2.75) is 18.4 Å². The molecule has 3 heteroatoms.